The van der Waals surface area contributed by atoms with Gasteiger partial charge in [-0.15, -0.1) is 11.3 Å². The molecular formula is C14H24ClN3S. The molecule has 0 radical (unpaired) electrons. The maximum Gasteiger partial charge on any atom is 0.0931 e. The monoisotopic (exact) mass is 301 g/mol. The SMILES string of the molecule is CCN1CCN(C(c2ccc(Cl)s2)C(C)N)CC1C. The van der Waals surface area contributed by atoms with E-state index < -0.39 is 0 Å². The maximum atomic E-state index is 6.23. The van der Waals surface area contributed by atoms with Crippen molar-refractivity contribution in [2.24, 2.45) is 5.73 Å². The molecule has 0 saturated carbocycles. The maximum absolute atomic E-state index is 6.23. The number of hydrogen-bond donors (Lipinski definition) is 1. The highest BCUT2D eigenvalue weighted by Gasteiger charge is 2.31. The Morgan fingerprint density at radius 1 is 1.47 bits per heavy atom. The Bertz CT molecular complexity index is 407. The molecule has 2 rings (SSSR count). The van der Waals surface area contributed by atoms with Crippen LogP contribution >= 0.6 is 22.9 Å². The highest BCUT2D eigenvalue weighted by molar-refractivity contribution is 7.16. The zero-order valence-electron chi connectivity index (χ0n) is 12.0. The number of halogens is 1. The third-order valence-electron chi connectivity index (χ3n) is 3.98. The van der Waals surface area contributed by atoms with Crippen LogP contribution in [0.3, 0.4) is 0 Å². The van der Waals surface area contributed by atoms with Crippen LogP contribution in [0.25, 0.3) is 0 Å². The highest BCUT2D eigenvalue weighted by atomic mass is 35.5. The van der Waals surface area contributed by atoms with Crippen molar-refractivity contribution in [1.82, 2.24) is 9.80 Å². The van der Waals surface area contributed by atoms with Gasteiger partial charge in [-0.05, 0) is 32.5 Å². The van der Waals surface area contributed by atoms with E-state index in [4.69, 9.17) is 17.3 Å². The van der Waals surface area contributed by atoms with Crippen molar-refractivity contribution >= 4 is 22.9 Å². The molecule has 19 heavy (non-hydrogen) atoms. The number of hydrogen-bond acceptors (Lipinski definition) is 4. The standard InChI is InChI=1S/C14H24ClN3S/c1-4-17-7-8-18(9-10(17)2)14(11(3)16)12-5-6-13(15)19-12/h5-6,10-11,14H,4,7-9,16H2,1-3H3. The summed E-state index contributed by atoms with van der Waals surface area (Å²) in [5.41, 5.74) is 6.23. The summed E-state index contributed by atoms with van der Waals surface area (Å²) >= 11 is 7.73. The van der Waals surface area contributed by atoms with Crippen LogP contribution in [-0.2, 0) is 0 Å². The highest BCUT2D eigenvalue weighted by Crippen LogP contribution is 2.33. The quantitative estimate of drug-likeness (QED) is 0.928. The van der Waals surface area contributed by atoms with Crippen molar-refractivity contribution in [2.75, 3.05) is 26.2 Å². The molecule has 3 unspecified atom stereocenters. The molecule has 0 amide bonds. The minimum atomic E-state index is 0.120. The lowest BCUT2D eigenvalue weighted by molar-refractivity contribution is 0.0528. The van der Waals surface area contributed by atoms with E-state index in [-0.39, 0.29) is 6.04 Å². The van der Waals surface area contributed by atoms with Crippen LogP contribution < -0.4 is 5.73 Å². The summed E-state index contributed by atoms with van der Waals surface area (Å²) in [5.74, 6) is 0. The summed E-state index contributed by atoms with van der Waals surface area (Å²) < 4.78 is 0.848. The molecule has 1 aromatic heterocycles. The van der Waals surface area contributed by atoms with Crippen molar-refractivity contribution in [3.8, 4) is 0 Å². The average molecular weight is 302 g/mol. The fourth-order valence-electron chi connectivity index (χ4n) is 3.00. The number of thiophene rings is 1. The van der Waals surface area contributed by atoms with E-state index in [9.17, 15) is 0 Å². The fourth-order valence-corrected chi connectivity index (χ4v) is 4.32. The predicted molar refractivity (Wildman–Crippen MR) is 84.0 cm³/mol. The van der Waals surface area contributed by atoms with Gasteiger partial charge in [0.05, 0.1) is 10.4 Å². The van der Waals surface area contributed by atoms with E-state index in [0.29, 0.717) is 12.1 Å². The van der Waals surface area contributed by atoms with Gasteiger partial charge in [0.2, 0.25) is 0 Å². The van der Waals surface area contributed by atoms with E-state index in [0.717, 1.165) is 30.5 Å². The minimum Gasteiger partial charge on any atom is -0.326 e. The second-order valence-corrected chi connectivity index (χ2v) is 7.17. The smallest absolute Gasteiger partial charge is 0.0931 e. The second-order valence-electron chi connectivity index (χ2n) is 5.42. The molecule has 1 aliphatic rings. The normalized spacial score (nSPS) is 25.4. The van der Waals surface area contributed by atoms with E-state index in [2.05, 4.69) is 36.6 Å². The Kier molecular flexibility index (Phi) is 5.26. The first-order valence-corrected chi connectivity index (χ1v) is 8.21. The Balaban J connectivity index is 2.13. The van der Waals surface area contributed by atoms with Gasteiger partial charge >= 0.3 is 0 Å². The molecular weight excluding hydrogens is 278 g/mol. The first-order chi connectivity index (χ1) is 9.02. The summed E-state index contributed by atoms with van der Waals surface area (Å²) in [6.45, 7) is 11.0. The van der Waals surface area contributed by atoms with Gasteiger partial charge in [-0.1, -0.05) is 18.5 Å². The summed E-state index contributed by atoms with van der Waals surface area (Å²) in [6, 6.07) is 5.10. The van der Waals surface area contributed by atoms with E-state index >= 15 is 0 Å². The van der Waals surface area contributed by atoms with Crippen LogP contribution in [-0.4, -0.2) is 48.1 Å². The fraction of sp³-hybridized carbons (Fsp3) is 0.714. The van der Waals surface area contributed by atoms with E-state index in [1.165, 1.54) is 4.88 Å². The third kappa shape index (κ3) is 3.50. The van der Waals surface area contributed by atoms with Gasteiger partial charge in [-0.25, -0.2) is 0 Å². The largest absolute Gasteiger partial charge is 0.326 e. The number of nitrogens with zero attached hydrogens (tertiary/aromatic N) is 2. The molecule has 3 nitrogen and oxygen atoms in total. The van der Waals surface area contributed by atoms with Gasteiger partial charge in [0.1, 0.15) is 0 Å². The Morgan fingerprint density at radius 2 is 2.21 bits per heavy atom. The summed E-state index contributed by atoms with van der Waals surface area (Å²) in [6.07, 6.45) is 0. The molecule has 3 atom stereocenters. The Hall–Kier alpha value is -0.130. The molecule has 0 aromatic carbocycles. The molecule has 1 fully saturated rings. The number of rotatable bonds is 4. The molecule has 1 aromatic rings. The molecule has 0 bridgehead atoms. The van der Waals surface area contributed by atoms with Crippen molar-refractivity contribution in [1.29, 1.82) is 0 Å². The molecule has 0 spiro atoms. The predicted octanol–water partition coefficient (Wildman–Crippen LogP) is 2.82. The topological polar surface area (TPSA) is 32.5 Å². The van der Waals surface area contributed by atoms with Crippen molar-refractivity contribution < 1.29 is 0 Å². The van der Waals surface area contributed by atoms with Gasteiger partial charge in [-0.2, -0.15) is 0 Å². The van der Waals surface area contributed by atoms with Crippen molar-refractivity contribution in [2.45, 2.75) is 38.9 Å². The van der Waals surface area contributed by atoms with Crippen LogP contribution in [0.5, 0.6) is 0 Å². The lowest BCUT2D eigenvalue weighted by Crippen LogP contribution is -2.54. The van der Waals surface area contributed by atoms with Crippen molar-refractivity contribution in [3.05, 3.63) is 21.3 Å². The van der Waals surface area contributed by atoms with Crippen LogP contribution in [0.2, 0.25) is 4.34 Å². The van der Waals surface area contributed by atoms with Crippen LogP contribution in [0.4, 0.5) is 0 Å². The van der Waals surface area contributed by atoms with Gasteiger partial charge < -0.3 is 5.73 Å². The molecule has 1 saturated heterocycles. The molecule has 108 valence electrons. The molecule has 0 aliphatic carbocycles. The van der Waals surface area contributed by atoms with E-state index in [1.807, 2.05) is 6.07 Å². The zero-order valence-corrected chi connectivity index (χ0v) is 13.5. The van der Waals surface area contributed by atoms with Gasteiger partial charge in [0.25, 0.3) is 0 Å². The van der Waals surface area contributed by atoms with Gasteiger partial charge in [0, 0.05) is 36.6 Å². The summed E-state index contributed by atoms with van der Waals surface area (Å²) in [5, 5.41) is 0. The summed E-state index contributed by atoms with van der Waals surface area (Å²) in [4.78, 5) is 6.33. The molecule has 2 N–H and O–H groups in total. The van der Waals surface area contributed by atoms with E-state index in [1.54, 1.807) is 11.3 Å². The first-order valence-electron chi connectivity index (χ1n) is 7.01. The molecule has 2 heterocycles. The first kappa shape index (κ1) is 15.3. The Morgan fingerprint density at radius 3 is 2.68 bits per heavy atom. The number of nitrogens with two attached hydrogens (primary N) is 1. The van der Waals surface area contributed by atoms with Crippen LogP contribution in [0.15, 0.2) is 12.1 Å². The average Bonchev–Trinajstić information content (AvgIpc) is 2.75. The minimum absolute atomic E-state index is 0.120. The number of likely N-dealkylation sites (N-methyl/N-ethyl adjacent to an activating group) is 1. The van der Waals surface area contributed by atoms with Gasteiger partial charge in [0.15, 0.2) is 0 Å². The lowest BCUT2D eigenvalue weighted by Gasteiger charge is -2.43. The lowest BCUT2D eigenvalue weighted by atomic mass is 10.0. The van der Waals surface area contributed by atoms with Crippen LogP contribution in [0, 0.1) is 0 Å². The van der Waals surface area contributed by atoms with Crippen LogP contribution in [0.1, 0.15) is 31.7 Å². The molecule has 5 heteroatoms. The number of piperazine rings is 1. The van der Waals surface area contributed by atoms with Gasteiger partial charge in [-0.3, -0.25) is 9.80 Å². The Labute approximate surface area is 125 Å². The second kappa shape index (κ2) is 6.55. The zero-order chi connectivity index (χ0) is 14.0. The third-order valence-corrected chi connectivity index (χ3v) is 5.28. The molecule has 1 aliphatic heterocycles. The summed E-state index contributed by atoms with van der Waals surface area (Å²) in [7, 11) is 0. The van der Waals surface area contributed by atoms with Crippen molar-refractivity contribution in [3.63, 3.8) is 0 Å².